The zero-order valence-corrected chi connectivity index (χ0v) is 14.2. The molecule has 0 spiro atoms. The molecule has 0 amide bonds. The number of rotatable bonds is 3. The molecule has 0 aliphatic carbocycles. The number of halogens is 2. The van der Waals surface area contributed by atoms with Gasteiger partial charge in [0, 0.05) is 40.9 Å². The third-order valence-corrected chi connectivity index (χ3v) is 4.23. The van der Waals surface area contributed by atoms with Crippen LogP contribution in [0.2, 0.25) is 5.02 Å². The van der Waals surface area contributed by atoms with E-state index in [0.29, 0.717) is 5.69 Å². The number of anilines is 3. The maximum Gasteiger partial charge on any atom is 0.219 e. The van der Waals surface area contributed by atoms with Gasteiger partial charge in [-0.15, -0.1) is 0 Å². The van der Waals surface area contributed by atoms with E-state index in [4.69, 9.17) is 17.3 Å². The van der Waals surface area contributed by atoms with E-state index < -0.39 is 5.82 Å². The van der Waals surface area contributed by atoms with Crippen molar-refractivity contribution in [3.63, 3.8) is 0 Å². The summed E-state index contributed by atoms with van der Waals surface area (Å²) in [6.07, 6.45) is 5.06. The number of nitrogen functional groups attached to an aromatic ring is 1. The van der Waals surface area contributed by atoms with Gasteiger partial charge in [0.25, 0.3) is 0 Å². The summed E-state index contributed by atoms with van der Waals surface area (Å²) in [6, 6.07) is 12.2. The highest BCUT2D eigenvalue weighted by Gasteiger charge is 2.07. The van der Waals surface area contributed by atoms with E-state index >= 15 is 0 Å². The van der Waals surface area contributed by atoms with E-state index in [2.05, 4.69) is 20.3 Å². The van der Waals surface area contributed by atoms with Crippen molar-refractivity contribution in [2.75, 3.05) is 11.1 Å². The lowest BCUT2D eigenvalue weighted by molar-refractivity contribution is 0.628. The van der Waals surface area contributed by atoms with Gasteiger partial charge in [-0.1, -0.05) is 17.7 Å². The summed E-state index contributed by atoms with van der Waals surface area (Å²) in [5, 5.41) is 4.23. The van der Waals surface area contributed by atoms with Gasteiger partial charge in [0.15, 0.2) is 0 Å². The van der Waals surface area contributed by atoms with Crippen molar-refractivity contribution in [2.45, 2.75) is 0 Å². The van der Waals surface area contributed by atoms with Gasteiger partial charge in [-0.3, -0.25) is 4.98 Å². The Balaban J connectivity index is 1.78. The second-order valence-electron chi connectivity index (χ2n) is 5.67. The molecule has 7 heteroatoms. The van der Waals surface area contributed by atoms with Gasteiger partial charge in [0.1, 0.15) is 5.82 Å². The SMILES string of the molecule is Nc1ncc(-c2ccc3nccc(Nc4ccc(F)c(Cl)c4)c3c2)cn1. The second kappa shape index (κ2) is 6.57. The summed E-state index contributed by atoms with van der Waals surface area (Å²) in [6.45, 7) is 0. The highest BCUT2D eigenvalue weighted by molar-refractivity contribution is 6.31. The molecule has 4 rings (SSSR count). The van der Waals surface area contributed by atoms with Gasteiger partial charge < -0.3 is 11.1 Å². The van der Waals surface area contributed by atoms with Crippen LogP contribution in [0.25, 0.3) is 22.0 Å². The van der Waals surface area contributed by atoms with Crippen molar-refractivity contribution in [3.8, 4) is 11.1 Å². The summed E-state index contributed by atoms with van der Waals surface area (Å²) in [5.74, 6) is -0.228. The first kappa shape index (κ1) is 16.2. The minimum Gasteiger partial charge on any atom is -0.368 e. The fourth-order valence-corrected chi connectivity index (χ4v) is 2.83. The Morgan fingerprint density at radius 3 is 2.50 bits per heavy atom. The van der Waals surface area contributed by atoms with E-state index in [0.717, 1.165) is 27.7 Å². The monoisotopic (exact) mass is 365 g/mol. The summed E-state index contributed by atoms with van der Waals surface area (Å²) in [5.41, 5.74) is 9.67. The molecule has 128 valence electrons. The van der Waals surface area contributed by atoms with Crippen LogP contribution in [0, 0.1) is 5.82 Å². The van der Waals surface area contributed by atoms with Crippen LogP contribution in [0.4, 0.5) is 21.7 Å². The van der Waals surface area contributed by atoms with Gasteiger partial charge in [-0.2, -0.15) is 0 Å². The topological polar surface area (TPSA) is 76.7 Å². The Bertz CT molecular complexity index is 1100. The van der Waals surface area contributed by atoms with Gasteiger partial charge in [0.2, 0.25) is 5.95 Å². The van der Waals surface area contributed by atoms with E-state index in [1.807, 2.05) is 24.3 Å². The van der Waals surface area contributed by atoms with Crippen LogP contribution in [0.3, 0.4) is 0 Å². The van der Waals surface area contributed by atoms with Crippen molar-refractivity contribution in [3.05, 3.63) is 71.9 Å². The third kappa shape index (κ3) is 3.14. The fraction of sp³-hybridized carbons (Fsp3) is 0. The summed E-state index contributed by atoms with van der Waals surface area (Å²) in [4.78, 5) is 12.4. The molecule has 0 aliphatic heterocycles. The molecule has 4 aromatic rings. The third-order valence-electron chi connectivity index (χ3n) is 3.95. The van der Waals surface area contributed by atoms with E-state index in [9.17, 15) is 4.39 Å². The Hall–Kier alpha value is -3.25. The number of nitrogens with zero attached hydrogens (tertiary/aromatic N) is 3. The average Bonchev–Trinajstić information content (AvgIpc) is 2.65. The van der Waals surface area contributed by atoms with Crippen molar-refractivity contribution in [2.24, 2.45) is 0 Å². The predicted octanol–water partition coefficient (Wildman–Crippen LogP) is 4.81. The minimum atomic E-state index is -0.456. The molecular formula is C19H13ClFN5. The lowest BCUT2D eigenvalue weighted by Gasteiger charge is -2.11. The van der Waals surface area contributed by atoms with Crippen LogP contribution < -0.4 is 11.1 Å². The molecule has 5 nitrogen and oxygen atoms in total. The van der Waals surface area contributed by atoms with Crippen LogP contribution in [0.1, 0.15) is 0 Å². The number of fused-ring (bicyclic) bond motifs is 1. The van der Waals surface area contributed by atoms with Gasteiger partial charge in [-0.05, 0) is 42.0 Å². The van der Waals surface area contributed by atoms with Gasteiger partial charge in [-0.25, -0.2) is 14.4 Å². The Morgan fingerprint density at radius 2 is 1.73 bits per heavy atom. The Morgan fingerprint density at radius 1 is 0.923 bits per heavy atom. The largest absolute Gasteiger partial charge is 0.368 e. The number of benzene rings is 2. The molecule has 2 heterocycles. The Labute approximate surface area is 153 Å². The molecule has 0 bridgehead atoms. The number of pyridine rings is 1. The summed E-state index contributed by atoms with van der Waals surface area (Å²) in [7, 11) is 0. The molecule has 0 saturated carbocycles. The van der Waals surface area contributed by atoms with E-state index in [1.54, 1.807) is 30.7 Å². The zero-order valence-electron chi connectivity index (χ0n) is 13.4. The summed E-state index contributed by atoms with van der Waals surface area (Å²) >= 11 is 5.86. The number of hydrogen-bond donors (Lipinski definition) is 2. The highest BCUT2D eigenvalue weighted by Crippen LogP contribution is 2.30. The smallest absolute Gasteiger partial charge is 0.219 e. The molecule has 0 atom stereocenters. The standard InChI is InChI=1S/C19H13ClFN5/c20-15-8-13(2-3-16(15)21)26-18-5-6-23-17-4-1-11(7-14(17)18)12-9-24-19(22)25-10-12/h1-10H,(H,23,26)(H2,22,24,25). The molecule has 0 unspecified atom stereocenters. The Kier molecular flexibility index (Phi) is 4.10. The van der Waals surface area contributed by atoms with Crippen LogP contribution in [-0.2, 0) is 0 Å². The second-order valence-corrected chi connectivity index (χ2v) is 6.08. The lowest BCUT2D eigenvalue weighted by atomic mass is 10.0. The molecule has 26 heavy (non-hydrogen) atoms. The quantitative estimate of drug-likeness (QED) is 0.544. The maximum atomic E-state index is 13.4. The van der Waals surface area contributed by atoms with Crippen LogP contribution in [0.15, 0.2) is 61.1 Å². The highest BCUT2D eigenvalue weighted by atomic mass is 35.5. The van der Waals surface area contributed by atoms with Crippen molar-refractivity contribution in [1.82, 2.24) is 15.0 Å². The molecular weight excluding hydrogens is 353 g/mol. The van der Waals surface area contributed by atoms with Crippen molar-refractivity contribution < 1.29 is 4.39 Å². The van der Waals surface area contributed by atoms with Crippen molar-refractivity contribution >= 4 is 39.8 Å². The minimum absolute atomic E-state index is 0.0630. The van der Waals surface area contributed by atoms with E-state index in [1.165, 1.54) is 6.07 Å². The van der Waals surface area contributed by atoms with Crippen LogP contribution >= 0.6 is 11.6 Å². The number of nitrogens with one attached hydrogen (secondary N) is 1. The molecule has 2 aromatic carbocycles. The number of nitrogens with two attached hydrogens (primary N) is 1. The van der Waals surface area contributed by atoms with Gasteiger partial charge in [0.05, 0.1) is 10.5 Å². The van der Waals surface area contributed by atoms with E-state index in [-0.39, 0.29) is 11.0 Å². The first-order valence-electron chi connectivity index (χ1n) is 7.79. The van der Waals surface area contributed by atoms with Crippen LogP contribution in [0.5, 0.6) is 0 Å². The molecule has 2 aromatic heterocycles. The molecule has 0 fully saturated rings. The predicted molar refractivity (Wildman–Crippen MR) is 102 cm³/mol. The number of hydrogen-bond acceptors (Lipinski definition) is 5. The van der Waals surface area contributed by atoms with Crippen LogP contribution in [-0.4, -0.2) is 15.0 Å². The normalized spacial score (nSPS) is 10.8. The maximum absolute atomic E-state index is 13.4. The molecule has 3 N–H and O–H groups in total. The first-order chi connectivity index (χ1) is 12.6. The van der Waals surface area contributed by atoms with Crippen molar-refractivity contribution in [1.29, 1.82) is 0 Å². The first-order valence-corrected chi connectivity index (χ1v) is 8.17. The lowest BCUT2D eigenvalue weighted by Crippen LogP contribution is -1.95. The summed E-state index contributed by atoms with van der Waals surface area (Å²) < 4.78 is 13.4. The zero-order chi connectivity index (χ0) is 18.1. The molecule has 0 radical (unpaired) electrons. The average molecular weight is 366 g/mol. The van der Waals surface area contributed by atoms with Gasteiger partial charge >= 0.3 is 0 Å². The molecule has 0 saturated heterocycles. The molecule has 0 aliphatic rings. The fourth-order valence-electron chi connectivity index (χ4n) is 2.65. The number of aromatic nitrogens is 3.